The number of aromatic nitrogens is 5. The van der Waals surface area contributed by atoms with E-state index in [-0.39, 0.29) is 0 Å². The van der Waals surface area contributed by atoms with Crippen LogP contribution in [0.2, 0.25) is 0 Å². The van der Waals surface area contributed by atoms with Gasteiger partial charge >= 0.3 is 0 Å². The number of anilines is 1. The topological polar surface area (TPSA) is 70.9 Å². The summed E-state index contributed by atoms with van der Waals surface area (Å²) in [6, 6.07) is 8.52. The van der Waals surface area contributed by atoms with Gasteiger partial charge in [0.25, 0.3) is 0 Å². The number of hydrogen-bond donors (Lipinski definition) is 2. The Morgan fingerprint density at radius 2 is 2.04 bits per heavy atom. The third-order valence-corrected chi connectivity index (χ3v) is 6.17. The van der Waals surface area contributed by atoms with Gasteiger partial charge < -0.3 is 10.3 Å². The number of halogens is 1. The molecule has 4 aromatic rings. The van der Waals surface area contributed by atoms with E-state index in [1.54, 1.807) is 0 Å². The molecule has 1 fully saturated rings. The first-order chi connectivity index (χ1) is 13.7. The zero-order chi connectivity index (χ0) is 19.1. The van der Waals surface area contributed by atoms with Gasteiger partial charge in [0.2, 0.25) is 0 Å². The number of nitrogens with one attached hydrogen (secondary N) is 2. The Morgan fingerprint density at radius 1 is 1.18 bits per heavy atom. The Morgan fingerprint density at radius 3 is 2.89 bits per heavy atom. The number of aryl methyl sites for hydroxylation is 1. The van der Waals surface area contributed by atoms with Gasteiger partial charge in [0.1, 0.15) is 11.6 Å². The Balaban J connectivity index is 1.46. The minimum absolute atomic E-state index is 0.547. The van der Waals surface area contributed by atoms with E-state index in [0.29, 0.717) is 12.5 Å². The van der Waals surface area contributed by atoms with Gasteiger partial charge in [-0.3, -0.25) is 0 Å². The maximum absolute atomic E-state index is 4.92. The molecule has 0 aliphatic heterocycles. The van der Waals surface area contributed by atoms with Crippen LogP contribution in [0.3, 0.4) is 0 Å². The quantitative estimate of drug-likeness (QED) is 0.451. The molecule has 28 heavy (non-hydrogen) atoms. The van der Waals surface area contributed by atoms with Crippen LogP contribution in [0.5, 0.6) is 0 Å². The lowest BCUT2D eigenvalue weighted by molar-refractivity contribution is 0.437. The molecule has 0 atom stereocenters. The molecule has 2 N–H and O–H groups in total. The number of nitrogens with zero attached hydrogens (tertiary/aromatic N) is 4. The Hall–Kier alpha value is -2.41. The van der Waals surface area contributed by atoms with Crippen molar-refractivity contribution in [3.63, 3.8) is 0 Å². The first-order valence-corrected chi connectivity index (χ1v) is 10.7. The summed E-state index contributed by atoms with van der Waals surface area (Å²) in [4.78, 5) is 12.7. The summed E-state index contributed by atoms with van der Waals surface area (Å²) in [5.41, 5.74) is 5.33. The predicted octanol–water partition coefficient (Wildman–Crippen LogP) is 5.34. The fourth-order valence-corrected chi connectivity index (χ4v) is 4.52. The molecule has 0 unspecified atom stereocenters. The molecule has 0 saturated heterocycles. The number of imidazole rings is 1. The largest absolute Gasteiger partial charge is 0.366 e. The van der Waals surface area contributed by atoms with Crippen molar-refractivity contribution < 1.29 is 0 Å². The molecule has 1 aliphatic carbocycles. The zero-order valence-electron chi connectivity index (χ0n) is 15.9. The second-order valence-corrected chi connectivity index (χ2v) is 8.51. The monoisotopic (exact) mass is 438 g/mol. The van der Waals surface area contributed by atoms with Gasteiger partial charge in [-0.25, -0.2) is 9.97 Å². The number of aromatic amines is 1. The van der Waals surface area contributed by atoms with Crippen molar-refractivity contribution in [2.45, 2.75) is 51.5 Å². The molecule has 7 heteroatoms. The number of hydrogen-bond acceptors (Lipinski definition) is 4. The molecule has 0 amide bonds. The van der Waals surface area contributed by atoms with E-state index in [4.69, 9.17) is 4.98 Å². The highest BCUT2D eigenvalue weighted by Gasteiger charge is 2.20. The molecule has 144 valence electrons. The Bertz CT molecular complexity index is 1140. The van der Waals surface area contributed by atoms with E-state index in [0.717, 1.165) is 32.8 Å². The lowest BCUT2D eigenvalue weighted by atomic mass is 9.87. The van der Waals surface area contributed by atoms with Gasteiger partial charge in [0.15, 0.2) is 5.65 Å². The molecule has 1 aromatic carbocycles. The first kappa shape index (κ1) is 17.7. The predicted molar refractivity (Wildman–Crippen MR) is 115 cm³/mol. The van der Waals surface area contributed by atoms with Crippen molar-refractivity contribution in [2.75, 3.05) is 5.32 Å². The fourth-order valence-electron chi connectivity index (χ4n) is 4.18. The highest BCUT2D eigenvalue weighted by Crippen LogP contribution is 2.34. The summed E-state index contributed by atoms with van der Waals surface area (Å²) in [7, 11) is 0. The van der Waals surface area contributed by atoms with Gasteiger partial charge in [-0.05, 0) is 53.4 Å². The third kappa shape index (κ3) is 3.28. The average molecular weight is 439 g/mol. The van der Waals surface area contributed by atoms with Crippen molar-refractivity contribution in [1.29, 1.82) is 0 Å². The van der Waals surface area contributed by atoms with Gasteiger partial charge in [-0.15, -0.1) is 0 Å². The standard InChI is InChI=1S/C21H23BrN6/c1-13-25-17-8-7-14(9-19(17)26-13)11-23-20-10-18(15-5-3-2-4-6-15)27-21-16(22)12-24-28(20)21/h7-10,12,15,23H,2-6,11H2,1H3,(H,25,26). The van der Waals surface area contributed by atoms with Crippen LogP contribution < -0.4 is 5.32 Å². The van der Waals surface area contributed by atoms with Crippen LogP contribution in [-0.4, -0.2) is 24.6 Å². The minimum Gasteiger partial charge on any atom is -0.366 e. The second kappa shape index (κ2) is 7.20. The van der Waals surface area contributed by atoms with E-state index in [1.807, 2.05) is 17.6 Å². The molecule has 3 aromatic heterocycles. The van der Waals surface area contributed by atoms with Gasteiger partial charge in [-0.2, -0.15) is 9.61 Å². The van der Waals surface area contributed by atoms with E-state index in [2.05, 4.69) is 60.6 Å². The van der Waals surface area contributed by atoms with Crippen LogP contribution in [0.15, 0.2) is 34.9 Å². The highest BCUT2D eigenvalue weighted by molar-refractivity contribution is 9.10. The summed E-state index contributed by atoms with van der Waals surface area (Å²) in [5, 5.41) is 8.07. The van der Waals surface area contributed by atoms with Crippen LogP contribution in [-0.2, 0) is 6.54 Å². The van der Waals surface area contributed by atoms with Crippen molar-refractivity contribution in [3.05, 3.63) is 52.0 Å². The molecule has 0 bridgehead atoms. The van der Waals surface area contributed by atoms with E-state index < -0.39 is 0 Å². The SMILES string of the molecule is Cc1nc2ccc(CNc3cc(C4CCCCC4)nc4c(Br)cnn34)cc2[nH]1. The Labute approximate surface area is 171 Å². The van der Waals surface area contributed by atoms with Crippen molar-refractivity contribution >= 4 is 38.4 Å². The van der Waals surface area contributed by atoms with Crippen LogP contribution in [0.4, 0.5) is 5.82 Å². The average Bonchev–Trinajstić information content (AvgIpc) is 3.28. The van der Waals surface area contributed by atoms with Crippen LogP contribution in [0, 0.1) is 6.92 Å². The van der Waals surface area contributed by atoms with Crippen molar-refractivity contribution in [3.8, 4) is 0 Å². The molecule has 0 spiro atoms. The maximum Gasteiger partial charge on any atom is 0.171 e. The number of fused-ring (bicyclic) bond motifs is 2. The highest BCUT2D eigenvalue weighted by atomic mass is 79.9. The summed E-state index contributed by atoms with van der Waals surface area (Å²) in [6.45, 7) is 2.70. The molecule has 1 aliphatic rings. The summed E-state index contributed by atoms with van der Waals surface area (Å²) in [6.07, 6.45) is 8.20. The van der Waals surface area contributed by atoms with Gasteiger partial charge in [0, 0.05) is 24.2 Å². The van der Waals surface area contributed by atoms with E-state index in [9.17, 15) is 0 Å². The van der Waals surface area contributed by atoms with Gasteiger partial charge in [0.05, 0.1) is 21.7 Å². The third-order valence-electron chi connectivity index (χ3n) is 5.61. The first-order valence-electron chi connectivity index (χ1n) is 9.91. The number of H-pyrrole nitrogens is 1. The van der Waals surface area contributed by atoms with Gasteiger partial charge in [-0.1, -0.05) is 25.3 Å². The lowest BCUT2D eigenvalue weighted by Crippen LogP contribution is -2.11. The molecule has 0 radical (unpaired) electrons. The summed E-state index contributed by atoms with van der Waals surface area (Å²) in [5.74, 6) is 2.47. The zero-order valence-corrected chi connectivity index (χ0v) is 17.5. The minimum atomic E-state index is 0.547. The summed E-state index contributed by atoms with van der Waals surface area (Å²) < 4.78 is 2.82. The molecule has 6 nitrogen and oxygen atoms in total. The molecular formula is C21H23BrN6. The molecule has 1 saturated carbocycles. The van der Waals surface area contributed by atoms with Crippen LogP contribution in [0.25, 0.3) is 16.7 Å². The lowest BCUT2D eigenvalue weighted by Gasteiger charge is -2.22. The normalized spacial score (nSPS) is 15.5. The summed E-state index contributed by atoms with van der Waals surface area (Å²) >= 11 is 3.60. The number of benzene rings is 1. The fraction of sp³-hybridized carbons (Fsp3) is 0.381. The van der Waals surface area contributed by atoms with E-state index in [1.165, 1.54) is 43.4 Å². The van der Waals surface area contributed by atoms with Crippen molar-refractivity contribution in [2.24, 2.45) is 0 Å². The maximum atomic E-state index is 4.92. The molecule has 5 rings (SSSR count). The van der Waals surface area contributed by atoms with Crippen LogP contribution in [0.1, 0.15) is 55.1 Å². The second-order valence-electron chi connectivity index (χ2n) is 7.66. The van der Waals surface area contributed by atoms with Crippen LogP contribution >= 0.6 is 15.9 Å². The van der Waals surface area contributed by atoms with Crippen molar-refractivity contribution in [1.82, 2.24) is 24.6 Å². The number of rotatable bonds is 4. The van der Waals surface area contributed by atoms with E-state index >= 15 is 0 Å². The molecule has 3 heterocycles. The molecular weight excluding hydrogens is 416 g/mol. The smallest absolute Gasteiger partial charge is 0.171 e. The Kier molecular flexibility index (Phi) is 4.55.